The average Bonchev–Trinajstić information content (AvgIpc) is 2.41. The van der Waals surface area contributed by atoms with Gasteiger partial charge in [0.25, 0.3) is 0 Å². The molecule has 1 aliphatic carbocycles. The molecule has 1 amide bonds. The monoisotopic (exact) mass is 268 g/mol. The summed E-state index contributed by atoms with van der Waals surface area (Å²) in [5, 5.41) is 6.54. The first-order valence-corrected chi connectivity index (χ1v) is 8.20. The van der Waals surface area contributed by atoms with Gasteiger partial charge < -0.3 is 10.6 Å². The van der Waals surface area contributed by atoms with E-state index in [9.17, 15) is 4.79 Å². The third kappa shape index (κ3) is 6.42. The summed E-state index contributed by atoms with van der Waals surface area (Å²) in [6.45, 7) is 6.93. The number of rotatable bonds is 8. The molecular formula is C16H32N2O. The fourth-order valence-corrected chi connectivity index (χ4v) is 3.24. The first-order valence-electron chi connectivity index (χ1n) is 8.20. The van der Waals surface area contributed by atoms with Gasteiger partial charge in [0.1, 0.15) is 0 Å². The van der Waals surface area contributed by atoms with Gasteiger partial charge in [-0.2, -0.15) is 0 Å². The van der Waals surface area contributed by atoms with Crippen molar-refractivity contribution < 1.29 is 4.79 Å². The van der Waals surface area contributed by atoms with E-state index in [1.54, 1.807) is 0 Å². The maximum atomic E-state index is 11.9. The number of nitrogens with one attached hydrogen (secondary N) is 2. The molecule has 19 heavy (non-hydrogen) atoms. The molecule has 1 fully saturated rings. The van der Waals surface area contributed by atoms with Crippen molar-refractivity contribution >= 4 is 5.91 Å². The van der Waals surface area contributed by atoms with Crippen molar-refractivity contribution in [2.45, 2.75) is 84.2 Å². The van der Waals surface area contributed by atoms with Crippen molar-refractivity contribution in [1.82, 2.24) is 10.6 Å². The highest BCUT2D eigenvalue weighted by Gasteiger charge is 2.22. The lowest BCUT2D eigenvalue weighted by molar-refractivity contribution is -0.121. The number of hydrogen-bond acceptors (Lipinski definition) is 2. The van der Waals surface area contributed by atoms with Gasteiger partial charge in [0.2, 0.25) is 5.91 Å². The molecule has 1 rings (SSSR count). The lowest BCUT2D eigenvalue weighted by Crippen LogP contribution is -2.44. The molecule has 0 heterocycles. The van der Waals surface area contributed by atoms with Gasteiger partial charge in [-0.25, -0.2) is 0 Å². The lowest BCUT2D eigenvalue weighted by atomic mass is 9.83. The minimum absolute atomic E-state index is 0.148. The fraction of sp³-hybridized carbons (Fsp3) is 0.938. The Kier molecular flexibility index (Phi) is 8.11. The van der Waals surface area contributed by atoms with Crippen LogP contribution >= 0.6 is 0 Å². The Morgan fingerprint density at radius 3 is 2.47 bits per heavy atom. The van der Waals surface area contributed by atoms with Crippen molar-refractivity contribution in [2.24, 2.45) is 5.92 Å². The van der Waals surface area contributed by atoms with E-state index in [0.29, 0.717) is 18.6 Å². The van der Waals surface area contributed by atoms with Crippen molar-refractivity contribution in [3.63, 3.8) is 0 Å². The van der Waals surface area contributed by atoms with Crippen LogP contribution in [0.15, 0.2) is 0 Å². The van der Waals surface area contributed by atoms with E-state index in [2.05, 4.69) is 31.4 Å². The molecular weight excluding hydrogens is 236 g/mol. The van der Waals surface area contributed by atoms with Crippen LogP contribution < -0.4 is 10.6 Å². The summed E-state index contributed by atoms with van der Waals surface area (Å²) in [5.74, 6) is 0.926. The Morgan fingerprint density at radius 1 is 1.21 bits per heavy atom. The molecule has 0 aromatic carbocycles. The third-order valence-electron chi connectivity index (χ3n) is 4.31. The first kappa shape index (κ1) is 16.5. The zero-order valence-electron chi connectivity index (χ0n) is 13.0. The van der Waals surface area contributed by atoms with Gasteiger partial charge in [-0.3, -0.25) is 4.79 Å². The molecule has 0 radical (unpaired) electrons. The van der Waals surface area contributed by atoms with Gasteiger partial charge in [0.05, 0.1) is 6.54 Å². The molecule has 2 N–H and O–H groups in total. The number of carbonyl (C=O) groups excluding carboxylic acids is 1. The molecule has 0 bridgehead atoms. The zero-order valence-corrected chi connectivity index (χ0v) is 13.0. The molecule has 0 aliphatic heterocycles. The molecule has 2 atom stereocenters. The van der Waals surface area contributed by atoms with Crippen molar-refractivity contribution in [1.29, 1.82) is 0 Å². The Morgan fingerprint density at radius 2 is 1.89 bits per heavy atom. The van der Waals surface area contributed by atoms with Crippen molar-refractivity contribution in [2.75, 3.05) is 6.54 Å². The van der Waals surface area contributed by atoms with E-state index in [-0.39, 0.29) is 5.91 Å². The van der Waals surface area contributed by atoms with Crippen LogP contribution in [0.1, 0.15) is 72.1 Å². The van der Waals surface area contributed by atoms with Crippen LogP contribution in [0.3, 0.4) is 0 Å². The molecule has 0 aromatic heterocycles. The summed E-state index contributed by atoms with van der Waals surface area (Å²) in [5.41, 5.74) is 0. The van der Waals surface area contributed by atoms with Crippen LogP contribution in [-0.4, -0.2) is 24.5 Å². The van der Waals surface area contributed by atoms with E-state index in [0.717, 1.165) is 25.2 Å². The smallest absolute Gasteiger partial charge is 0.234 e. The average molecular weight is 268 g/mol. The molecule has 1 aliphatic rings. The maximum absolute atomic E-state index is 11.9. The minimum atomic E-state index is 0.148. The Labute approximate surface area is 118 Å². The Balaban J connectivity index is 2.25. The van der Waals surface area contributed by atoms with Crippen molar-refractivity contribution in [3.8, 4) is 0 Å². The molecule has 0 saturated heterocycles. The van der Waals surface area contributed by atoms with Crippen LogP contribution in [0.5, 0.6) is 0 Å². The van der Waals surface area contributed by atoms with E-state index in [1.807, 2.05) is 0 Å². The molecule has 0 spiro atoms. The SMILES string of the molecule is CCCC(C)NC(=O)CNC(CC)C1CCCCC1. The lowest BCUT2D eigenvalue weighted by Gasteiger charge is -2.30. The van der Waals surface area contributed by atoms with E-state index in [4.69, 9.17) is 0 Å². The van der Waals surface area contributed by atoms with E-state index >= 15 is 0 Å². The largest absolute Gasteiger partial charge is 0.353 e. The number of hydrogen-bond donors (Lipinski definition) is 2. The second-order valence-electron chi connectivity index (χ2n) is 6.05. The van der Waals surface area contributed by atoms with E-state index < -0.39 is 0 Å². The normalized spacial score (nSPS) is 19.9. The van der Waals surface area contributed by atoms with Crippen LogP contribution in [0.2, 0.25) is 0 Å². The molecule has 1 saturated carbocycles. The summed E-state index contributed by atoms with van der Waals surface area (Å²) in [4.78, 5) is 11.9. The Bertz CT molecular complexity index is 249. The Hall–Kier alpha value is -0.570. The highest BCUT2D eigenvalue weighted by molar-refractivity contribution is 5.78. The van der Waals surface area contributed by atoms with Crippen LogP contribution in [0, 0.1) is 5.92 Å². The molecule has 3 heteroatoms. The highest BCUT2D eigenvalue weighted by Crippen LogP contribution is 2.27. The predicted molar refractivity (Wildman–Crippen MR) is 81.2 cm³/mol. The second-order valence-corrected chi connectivity index (χ2v) is 6.05. The number of carbonyl (C=O) groups is 1. The standard InChI is InChI=1S/C16H32N2O/c1-4-9-13(3)18-16(19)12-17-15(5-2)14-10-7-6-8-11-14/h13-15,17H,4-12H2,1-3H3,(H,18,19). The molecule has 3 nitrogen and oxygen atoms in total. The third-order valence-corrected chi connectivity index (χ3v) is 4.31. The van der Waals surface area contributed by atoms with Gasteiger partial charge in [-0.1, -0.05) is 39.5 Å². The van der Waals surface area contributed by atoms with Gasteiger partial charge in [-0.05, 0) is 38.5 Å². The summed E-state index contributed by atoms with van der Waals surface area (Å²) < 4.78 is 0. The van der Waals surface area contributed by atoms with Gasteiger partial charge >= 0.3 is 0 Å². The number of amides is 1. The van der Waals surface area contributed by atoms with Crippen LogP contribution in [-0.2, 0) is 4.79 Å². The predicted octanol–water partition coefficient (Wildman–Crippen LogP) is 3.24. The molecule has 0 aromatic rings. The minimum Gasteiger partial charge on any atom is -0.353 e. The first-order chi connectivity index (χ1) is 9.17. The second kappa shape index (κ2) is 9.35. The summed E-state index contributed by atoms with van der Waals surface area (Å²) in [7, 11) is 0. The van der Waals surface area contributed by atoms with Gasteiger partial charge in [0.15, 0.2) is 0 Å². The quantitative estimate of drug-likeness (QED) is 0.709. The van der Waals surface area contributed by atoms with Gasteiger partial charge in [-0.15, -0.1) is 0 Å². The summed E-state index contributed by atoms with van der Waals surface area (Å²) in [6, 6.07) is 0.821. The topological polar surface area (TPSA) is 41.1 Å². The summed E-state index contributed by atoms with van der Waals surface area (Å²) >= 11 is 0. The molecule has 2 unspecified atom stereocenters. The summed E-state index contributed by atoms with van der Waals surface area (Å²) in [6.07, 6.45) is 10.1. The van der Waals surface area contributed by atoms with Crippen LogP contribution in [0.4, 0.5) is 0 Å². The zero-order chi connectivity index (χ0) is 14.1. The van der Waals surface area contributed by atoms with Gasteiger partial charge in [0, 0.05) is 12.1 Å². The van der Waals surface area contributed by atoms with Crippen LogP contribution in [0.25, 0.3) is 0 Å². The van der Waals surface area contributed by atoms with E-state index in [1.165, 1.54) is 32.1 Å². The maximum Gasteiger partial charge on any atom is 0.234 e. The fourth-order valence-electron chi connectivity index (χ4n) is 3.24. The van der Waals surface area contributed by atoms with Crippen molar-refractivity contribution in [3.05, 3.63) is 0 Å². The molecule has 112 valence electrons. The highest BCUT2D eigenvalue weighted by atomic mass is 16.1.